The standard InChI is InChI=1S/C12H19BrN2S/c1-4-12(5-2,16-3)9-15-11-6-7-14-8-10(11)13/h6-8H,4-5,9H2,1-3H3,(H,14,15). The van der Waals surface area contributed by atoms with Crippen LogP contribution in [-0.4, -0.2) is 22.5 Å². The Hall–Kier alpha value is -0.220. The number of aromatic nitrogens is 1. The van der Waals surface area contributed by atoms with E-state index >= 15 is 0 Å². The molecule has 0 bridgehead atoms. The third kappa shape index (κ3) is 3.39. The SMILES string of the molecule is CCC(CC)(CNc1ccncc1Br)SC. The van der Waals surface area contributed by atoms with Crippen LogP contribution in [0.15, 0.2) is 22.9 Å². The molecular weight excluding hydrogens is 284 g/mol. The van der Waals surface area contributed by atoms with Crippen LogP contribution >= 0.6 is 27.7 Å². The fourth-order valence-corrected chi connectivity index (χ4v) is 2.82. The topological polar surface area (TPSA) is 24.9 Å². The molecule has 0 aliphatic carbocycles. The summed E-state index contributed by atoms with van der Waals surface area (Å²) in [4.78, 5) is 4.06. The Morgan fingerprint density at radius 2 is 2.12 bits per heavy atom. The zero-order chi connectivity index (χ0) is 12.0. The lowest BCUT2D eigenvalue weighted by Crippen LogP contribution is -2.32. The maximum atomic E-state index is 4.06. The van der Waals surface area contributed by atoms with Gasteiger partial charge in [0.25, 0.3) is 0 Å². The quantitative estimate of drug-likeness (QED) is 0.853. The molecule has 1 rings (SSSR count). The summed E-state index contributed by atoms with van der Waals surface area (Å²) in [6, 6.07) is 2.00. The van der Waals surface area contributed by atoms with Crippen LogP contribution in [0.25, 0.3) is 0 Å². The van der Waals surface area contributed by atoms with Crippen LogP contribution in [0.5, 0.6) is 0 Å². The molecule has 1 N–H and O–H groups in total. The van der Waals surface area contributed by atoms with Gasteiger partial charge in [-0.25, -0.2) is 0 Å². The minimum atomic E-state index is 0.336. The molecule has 0 radical (unpaired) electrons. The number of anilines is 1. The maximum Gasteiger partial charge on any atom is 0.0590 e. The zero-order valence-electron chi connectivity index (χ0n) is 10.1. The van der Waals surface area contributed by atoms with Gasteiger partial charge in [-0.3, -0.25) is 4.98 Å². The molecule has 1 aromatic rings. The van der Waals surface area contributed by atoms with E-state index in [4.69, 9.17) is 0 Å². The van der Waals surface area contributed by atoms with Gasteiger partial charge < -0.3 is 5.32 Å². The number of pyridine rings is 1. The van der Waals surface area contributed by atoms with E-state index in [1.165, 1.54) is 12.8 Å². The number of hydrogen-bond acceptors (Lipinski definition) is 3. The Morgan fingerprint density at radius 3 is 2.62 bits per heavy atom. The third-order valence-corrected chi connectivity index (χ3v) is 5.31. The van der Waals surface area contributed by atoms with Gasteiger partial charge in [-0.1, -0.05) is 13.8 Å². The van der Waals surface area contributed by atoms with Gasteiger partial charge in [-0.05, 0) is 41.1 Å². The predicted molar refractivity (Wildman–Crippen MR) is 77.3 cm³/mol. The van der Waals surface area contributed by atoms with Gasteiger partial charge in [-0.2, -0.15) is 11.8 Å². The Bertz CT molecular complexity index is 318. The largest absolute Gasteiger partial charge is 0.383 e. The van der Waals surface area contributed by atoms with Crippen LogP contribution in [0, 0.1) is 0 Å². The number of nitrogens with zero attached hydrogens (tertiary/aromatic N) is 1. The highest BCUT2D eigenvalue weighted by Crippen LogP contribution is 2.31. The van der Waals surface area contributed by atoms with Gasteiger partial charge >= 0.3 is 0 Å². The highest BCUT2D eigenvalue weighted by molar-refractivity contribution is 9.10. The second kappa shape index (κ2) is 6.50. The molecule has 1 heterocycles. The Morgan fingerprint density at radius 1 is 1.44 bits per heavy atom. The average Bonchev–Trinajstić information content (AvgIpc) is 2.34. The molecule has 0 amide bonds. The normalized spacial score (nSPS) is 11.5. The maximum absolute atomic E-state index is 4.06. The number of rotatable bonds is 6. The molecule has 0 fully saturated rings. The summed E-state index contributed by atoms with van der Waals surface area (Å²) in [5.41, 5.74) is 1.12. The zero-order valence-corrected chi connectivity index (χ0v) is 12.5. The lowest BCUT2D eigenvalue weighted by Gasteiger charge is -2.30. The number of thioether (sulfide) groups is 1. The van der Waals surface area contributed by atoms with Gasteiger partial charge in [0, 0.05) is 23.7 Å². The molecule has 0 atom stereocenters. The minimum Gasteiger partial charge on any atom is -0.383 e. The van der Waals surface area contributed by atoms with Crippen molar-refractivity contribution in [3.8, 4) is 0 Å². The Kier molecular flexibility index (Phi) is 5.62. The van der Waals surface area contributed by atoms with Gasteiger partial charge in [-0.15, -0.1) is 0 Å². The van der Waals surface area contributed by atoms with Crippen molar-refractivity contribution in [1.82, 2.24) is 4.98 Å². The van der Waals surface area contributed by atoms with Crippen LogP contribution in [0.1, 0.15) is 26.7 Å². The van der Waals surface area contributed by atoms with Crippen LogP contribution in [0.2, 0.25) is 0 Å². The number of halogens is 1. The Balaban J connectivity index is 2.66. The molecule has 0 saturated heterocycles. The summed E-state index contributed by atoms with van der Waals surface area (Å²) in [5, 5.41) is 3.50. The van der Waals surface area contributed by atoms with Gasteiger partial charge in [0.05, 0.1) is 10.2 Å². The van der Waals surface area contributed by atoms with E-state index in [9.17, 15) is 0 Å². The number of nitrogens with one attached hydrogen (secondary N) is 1. The molecule has 0 saturated carbocycles. The van der Waals surface area contributed by atoms with Crippen molar-refractivity contribution < 1.29 is 0 Å². The van der Waals surface area contributed by atoms with Gasteiger partial charge in [0.1, 0.15) is 0 Å². The van der Waals surface area contributed by atoms with Gasteiger partial charge in [0.2, 0.25) is 0 Å². The molecule has 90 valence electrons. The fourth-order valence-electron chi connectivity index (χ4n) is 1.64. The van der Waals surface area contributed by atoms with Crippen molar-refractivity contribution in [1.29, 1.82) is 0 Å². The Labute approximate surface area is 111 Å². The first-order chi connectivity index (χ1) is 7.67. The van der Waals surface area contributed by atoms with Crippen molar-refractivity contribution >= 4 is 33.4 Å². The van der Waals surface area contributed by atoms with E-state index in [1.54, 1.807) is 0 Å². The summed E-state index contributed by atoms with van der Waals surface area (Å²) in [7, 11) is 0. The van der Waals surface area contributed by atoms with Gasteiger partial charge in [0.15, 0.2) is 0 Å². The van der Waals surface area contributed by atoms with Crippen molar-refractivity contribution in [3.63, 3.8) is 0 Å². The van der Waals surface area contributed by atoms with Crippen LogP contribution in [0.3, 0.4) is 0 Å². The van der Waals surface area contributed by atoms with Crippen molar-refractivity contribution in [2.24, 2.45) is 0 Å². The van der Waals surface area contributed by atoms with E-state index in [2.05, 4.69) is 46.3 Å². The minimum absolute atomic E-state index is 0.336. The first-order valence-corrected chi connectivity index (χ1v) is 7.57. The summed E-state index contributed by atoms with van der Waals surface area (Å²) in [6.07, 6.45) is 8.18. The molecule has 1 aromatic heterocycles. The van der Waals surface area contributed by atoms with E-state index in [0.29, 0.717) is 4.75 Å². The first-order valence-electron chi connectivity index (χ1n) is 5.56. The molecule has 2 nitrogen and oxygen atoms in total. The second-order valence-corrected chi connectivity index (χ2v) is 5.93. The van der Waals surface area contributed by atoms with E-state index in [0.717, 1.165) is 16.7 Å². The van der Waals surface area contributed by atoms with E-state index < -0.39 is 0 Å². The third-order valence-electron chi connectivity index (χ3n) is 3.10. The van der Waals surface area contributed by atoms with Crippen molar-refractivity contribution in [2.75, 3.05) is 18.1 Å². The summed E-state index contributed by atoms with van der Waals surface area (Å²) in [5.74, 6) is 0. The summed E-state index contributed by atoms with van der Waals surface area (Å²) >= 11 is 5.45. The summed E-state index contributed by atoms with van der Waals surface area (Å²) in [6.45, 7) is 5.50. The highest BCUT2D eigenvalue weighted by atomic mass is 79.9. The highest BCUT2D eigenvalue weighted by Gasteiger charge is 2.24. The smallest absolute Gasteiger partial charge is 0.0590 e. The molecule has 0 spiro atoms. The molecule has 16 heavy (non-hydrogen) atoms. The molecule has 0 aromatic carbocycles. The van der Waals surface area contributed by atoms with E-state index in [1.807, 2.05) is 30.2 Å². The monoisotopic (exact) mass is 302 g/mol. The van der Waals surface area contributed by atoms with Crippen LogP contribution < -0.4 is 5.32 Å². The number of hydrogen-bond donors (Lipinski definition) is 1. The van der Waals surface area contributed by atoms with E-state index in [-0.39, 0.29) is 0 Å². The van der Waals surface area contributed by atoms with Crippen LogP contribution in [-0.2, 0) is 0 Å². The molecule has 0 unspecified atom stereocenters. The summed E-state index contributed by atoms with van der Waals surface area (Å²) < 4.78 is 1.36. The average molecular weight is 303 g/mol. The van der Waals surface area contributed by atoms with Crippen molar-refractivity contribution in [2.45, 2.75) is 31.4 Å². The lowest BCUT2D eigenvalue weighted by atomic mass is 10.0. The van der Waals surface area contributed by atoms with Crippen molar-refractivity contribution in [3.05, 3.63) is 22.9 Å². The van der Waals surface area contributed by atoms with Crippen LogP contribution in [0.4, 0.5) is 5.69 Å². The molecule has 4 heteroatoms. The first kappa shape index (κ1) is 13.8. The molecular formula is C12H19BrN2S. The lowest BCUT2D eigenvalue weighted by molar-refractivity contribution is 0.574. The fraction of sp³-hybridized carbons (Fsp3) is 0.583. The molecule has 0 aliphatic rings. The second-order valence-electron chi connectivity index (χ2n) is 3.80. The predicted octanol–water partition coefficient (Wildman–Crippen LogP) is 4.18. The molecule has 0 aliphatic heterocycles.